The van der Waals surface area contributed by atoms with Gasteiger partial charge in [-0.25, -0.2) is 0 Å². The maximum Gasteiger partial charge on any atom is 0.311 e. The normalized spacial score (nSPS) is 15.5. The Labute approximate surface area is 168 Å². The van der Waals surface area contributed by atoms with Gasteiger partial charge in [-0.15, -0.1) is 0 Å². The molecule has 6 heteroatoms. The number of aromatic nitrogens is 2. The molecule has 2 aromatic rings. The SMILES string of the molecule is Cc1cccc(C(Cc2cc(C3=CCC(Cl)=C(Cl)C=C3)nn2C)C(=O)O)c1. The molecule has 0 radical (unpaired) electrons. The zero-order chi connectivity index (χ0) is 19.6. The maximum atomic E-state index is 11.9. The van der Waals surface area contributed by atoms with Gasteiger partial charge in [0, 0.05) is 30.6 Å². The average molecular weight is 403 g/mol. The summed E-state index contributed by atoms with van der Waals surface area (Å²) in [5.41, 5.74) is 4.37. The van der Waals surface area contributed by atoms with Crippen LogP contribution in [0.2, 0.25) is 0 Å². The van der Waals surface area contributed by atoms with Gasteiger partial charge >= 0.3 is 5.97 Å². The van der Waals surface area contributed by atoms with Crippen LogP contribution in [-0.2, 0) is 18.3 Å². The standard InChI is InChI=1S/C21H20Cl2N2O2/c1-13-4-3-5-15(10-13)17(21(26)27)11-16-12-20(24-25(16)2)14-6-8-18(22)19(23)9-7-14/h3-8,10,12,17H,9,11H2,1-2H3,(H,26,27). The maximum absolute atomic E-state index is 11.9. The Balaban J connectivity index is 1.88. The van der Waals surface area contributed by atoms with Crippen molar-refractivity contribution in [2.75, 3.05) is 0 Å². The minimum Gasteiger partial charge on any atom is -0.481 e. The topological polar surface area (TPSA) is 55.1 Å². The van der Waals surface area contributed by atoms with Gasteiger partial charge in [-0.1, -0.05) is 65.2 Å². The van der Waals surface area contributed by atoms with E-state index < -0.39 is 11.9 Å². The van der Waals surface area contributed by atoms with Crippen LogP contribution in [0, 0.1) is 6.92 Å². The number of carbonyl (C=O) groups is 1. The second-order valence-corrected chi connectivity index (χ2v) is 7.47. The van der Waals surface area contributed by atoms with E-state index in [1.807, 2.05) is 56.5 Å². The van der Waals surface area contributed by atoms with E-state index >= 15 is 0 Å². The quantitative estimate of drug-likeness (QED) is 0.749. The molecule has 27 heavy (non-hydrogen) atoms. The van der Waals surface area contributed by atoms with Crippen LogP contribution in [0.25, 0.3) is 5.57 Å². The molecule has 0 aliphatic heterocycles. The number of allylic oxidation sites excluding steroid dienone is 6. The van der Waals surface area contributed by atoms with E-state index in [1.54, 1.807) is 10.8 Å². The van der Waals surface area contributed by atoms with Crippen molar-refractivity contribution >= 4 is 34.7 Å². The zero-order valence-electron chi connectivity index (χ0n) is 15.1. The van der Waals surface area contributed by atoms with Gasteiger partial charge in [-0.3, -0.25) is 9.48 Å². The molecular weight excluding hydrogens is 383 g/mol. The van der Waals surface area contributed by atoms with Crippen molar-refractivity contribution in [3.8, 4) is 0 Å². The van der Waals surface area contributed by atoms with Crippen LogP contribution < -0.4 is 0 Å². The van der Waals surface area contributed by atoms with Crippen molar-refractivity contribution in [1.29, 1.82) is 0 Å². The Kier molecular flexibility index (Phi) is 5.88. The summed E-state index contributed by atoms with van der Waals surface area (Å²) in [7, 11) is 1.83. The molecule has 0 spiro atoms. The highest BCUT2D eigenvalue weighted by molar-refractivity contribution is 6.40. The summed E-state index contributed by atoms with van der Waals surface area (Å²) in [4.78, 5) is 11.9. The van der Waals surface area contributed by atoms with E-state index in [1.165, 1.54) is 0 Å². The van der Waals surface area contributed by atoms with Crippen LogP contribution in [0.15, 0.2) is 58.6 Å². The molecule has 1 aromatic carbocycles. The van der Waals surface area contributed by atoms with E-state index in [0.717, 1.165) is 28.1 Å². The molecule has 0 fully saturated rings. The number of aryl methyl sites for hydroxylation is 2. The Hall–Kier alpha value is -2.30. The predicted molar refractivity (Wildman–Crippen MR) is 109 cm³/mol. The molecule has 1 N–H and O–H groups in total. The largest absolute Gasteiger partial charge is 0.481 e. The fourth-order valence-corrected chi connectivity index (χ4v) is 3.37. The molecule has 0 saturated carbocycles. The van der Waals surface area contributed by atoms with Crippen molar-refractivity contribution in [2.45, 2.75) is 25.7 Å². The highest BCUT2D eigenvalue weighted by Gasteiger charge is 2.23. The van der Waals surface area contributed by atoms with Gasteiger partial charge in [-0.2, -0.15) is 5.10 Å². The lowest BCUT2D eigenvalue weighted by molar-refractivity contribution is -0.138. The molecule has 3 rings (SSSR count). The molecule has 1 atom stereocenters. The molecule has 1 heterocycles. The molecule has 4 nitrogen and oxygen atoms in total. The Morgan fingerprint density at radius 1 is 1.30 bits per heavy atom. The van der Waals surface area contributed by atoms with Crippen molar-refractivity contribution in [3.05, 3.63) is 81.1 Å². The summed E-state index contributed by atoms with van der Waals surface area (Å²) >= 11 is 12.2. The lowest BCUT2D eigenvalue weighted by Crippen LogP contribution is -2.16. The number of aliphatic carboxylic acids is 1. The first-order valence-corrected chi connectivity index (χ1v) is 9.36. The molecule has 1 aliphatic rings. The number of rotatable bonds is 5. The number of hydrogen-bond donors (Lipinski definition) is 1. The summed E-state index contributed by atoms with van der Waals surface area (Å²) in [6.45, 7) is 1.96. The van der Waals surface area contributed by atoms with Crippen molar-refractivity contribution in [2.24, 2.45) is 7.05 Å². The van der Waals surface area contributed by atoms with Gasteiger partial charge in [0.2, 0.25) is 0 Å². The van der Waals surface area contributed by atoms with Crippen LogP contribution in [0.3, 0.4) is 0 Å². The monoisotopic (exact) mass is 402 g/mol. The third kappa shape index (κ3) is 4.52. The first-order chi connectivity index (χ1) is 12.8. The lowest BCUT2D eigenvalue weighted by Gasteiger charge is -2.13. The van der Waals surface area contributed by atoms with Crippen LogP contribution >= 0.6 is 23.2 Å². The van der Waals surface area contributed by atoms with Gasteiger partial charge in [0.15, 0.2) is 0 Å². The van der Waals surface area contributed by atoms with Gasteiger partial charge in [-0.05, 0) is 30.2 Å². The number of carboxylic acids is 1. The first kappa shape index (κ1) is 19.5. The number of hydrogen-bond acceptors (Lipinski definition) is 2. The number of benzene rings is 1. The van der Waals surface area contributed by atoms with Gasteiger partial charge in [0.1, 0.15) is 0 Å². The smallest absolute Gasteiger partial charge is 0.311 e. The fourth-order valence-electron chi connectivity index (χ4n) is 3.09. The third-order valence-corrected chi connectivity index (χ3v) is 5.41. The van der Waals surface area contributed by atoms with E-state index in [9.17, 15) is 9.90 Å². The molecule has 0 saturated heterocycles. The number of nitrogens with zero attached hydrogens (tertiary/aromatic N) is 2. The van der Waals surface area contributed by atoms with E-state index in [4.69, 9.17) is 23.2 Å². The van der Waals surface area contributed by atoms with Gasteiger partial charge < -0.3 is 5.11 Å². The summed E-state index contributed by atoms with van der Waals surface area (Å²) in [6.07, 6.45) is 6.49. The zero-order valence-corrected chi connectivity index (χ0v) is 16.6. The Bertz CT molecular complexity index is 970. The first-order valence-electron chi connectivity index (χ1n) is 8.60. The van der Waals surface area contributed by atoms with Crippen LogP contribution in [0.4, 0.5) is 0 Å². The molecule has 1 unspecified atom stereocenters. The number of carboxylic acid groups (broad SMARTS) is 1. The highest BCUT2D eigenvalue weighted by atomic mass is 35.5. The summed E-state index contributed by atoms with van der Waals surface area (Å²) in [5, 5.41) is 15.4. The molecule has 1 aliphatic carbocycles. The summed E-state index contributed by atoms with van der Waals surface area (Å²) in [5.74, 6) is -1.47. The molecule has 140 valence electrons. The average Bonchev–Trinajstić information content (AvgIpc) is 2.90. The predicted octanol–water partition coefficient (Wildman–Crippen LogP) is 5.17. The second-order valence-electron chi connectivity index (χ2n) is 6.60. The minimum atomic E-state index is -0.848. The second kappa shape index (κ2) is 8.15. The van der Waals surface area contributed by atoms with E-state index in [2.05, 4.69) is 5.10 Å². The number of halogens is 2. The van der Waals surface area contributed by atoms with Crippen molar-refractivity contribution in [1.82, 2.24) is 9.78 Å². The molecule has 0 amide bonds. The van der Waals surface area contributed by atoms with Crippen LogP contribution in [-0.4, -0.2) is 20.9 Å². The van der Waals surface area contributed by atoms with Gasteiger partial charge in [0.25, 0.3) is 0 Å². The summed E-state index contributed by atoms with van der Waals surface area (Å²) < 4.78 is 1.73. The Morgan fingerprint density at radius 2 is 2.07 bits per heavy atom. The van der Waals surface area contributed by atoms with Crippen LogP contribution in [0.1, 0.15) is 34.9 Å². The van der Waals surface area contributed by atoms with Crippen LogP contribution in [0.5, 0.6) is 0 Å². The summed E-state index contributed by atoms with van der Waals surface area (Å²) in [6, 6.07) is 9.54. The minimum absolute atomic E-state index is 0.360. The molecule has 0 bridgehead atoms. The highest BCUT2D eigenvalue weighted by Crippen LogP contribution is 2.29. The van der Waals surface area contributed by atoms with E-state index in [-0.39, 0.29) is 0 Å². The van der Waals surface area contributed by atoms with E-state index in [0.29, 0.717) is 22.9 Å². The third-order valence-electron chi connectivity index (χ3n) is 4.60. The van der Waals surface area contributed by atoms with Crippen molar-refractivity contribution in [3.63, 3.8) is 0 Å². The lowest BCUT2D eigenvalue weighted by atomic mass is 9.93. The molecular formula is C21H20Cl2N2O2. The Morgan fingerprint density at radius 3 is 2.78 bits per heavy atom. The molecule has 1 aromatic heterocycles. The van der Waals surface area contributed by atoms with Crippen molar-refractivity contribution < 1.29 is 9.90 Å². The fraction of sp³-hybridized carbons (Fsp3) is 0.238. The van der Waals surface area contributed by atoms with Gasteiger partial charge in [0.05, 0.1) is 16.6 Å².